The van der Waals surface area contributed by atoms with Crippen LogP contribution in [0, 0.1) is 0 Å². The third kappa shape index (κ3) is 2.26. The summed E-state index contributed by atoms with van der Waals surface area (Å²) in [5.74, 6) is -0.500. The molecule has 0 atom stereocenters. The van der Waals surface area contributed by atoms with Gasteiger partial charge in [-0.1, -0.05) is 24.3 Å². The Balaban J connectivity index is 1.82. The van der Waals surface area contributed by atoms with Crippen molar-refractivity contribution in [1.82, 2.24) is 14.8 Å². The van der Waals surface area contributed by atoms with Crippen molar-refractivity contribution in [2.75, 3.05) is 26.2 Å². The number of carbonyl (C=O) groups is 2. The topological polar surface area (TPSA) is 74.6 Å². The first kappa shape index (κ1) is 15.8. The van der Waals surface area contributed by atoms with E-state index in [-0.39, 0.29) is 25.0 Å². The number of hydrogen-bond donors (Lipinski definition) is 2. The molecule has 1 aromatic heterocycles. The molecule has 0 saturated heterocycles. The van der Waals surface area contributed by atoms with Crippen LogP contribution in [0.1, 0.15) is 20.7 Å². The molecular formula is C19H19N3O3. The second-order valence-corrected chi connectivity index (χ2v) is 6.20. The predicted molar refractivity (Wildman–Crippen MR) is 95.7 cm³/mol. The number of aromatic nitrogens is 1. The van der Waals surface area contributed by atoms with Gasteiger partial charge in [0.05, 0.1) is 23.3 Å². The molecule has 2 amide bonds. The Morgan fingerprint density at radius 3 is 2.60 bits per heavy atom. The largest absolute Gasteiger partial charge is 0.395 e. The van der Waals surface area contributed by atoms with Gasteiger partial charge in [-0.2, -0.15) is 0 Å². The van der Waals surface area contributed by atoms with Gasteiger partial charge in [0, 0.05) is 43.0 Å². The van der Waals surface area contributed by atoms with Crippen LogP contribution in [-0.2, 0) is 7.05 Å². The highest BCUT2D eigenvalue weighted by atomic mass is 16.3. The molecule has 3 aromatic rings. The minimum atomic E-state index is -0.252. The highest BCUT2D eigenvalue weighted by Gasteiger charge is 2.37. The number of nitrogens with one attached hydrogen (secondary N) is 1. The molecule has 6 nitrogen and oxygen atoms in total. The number of nitrogens with zero attached hydrogens (tertiary/aromatic N) is 2. The second-order valence-electron chi connectivity index (χ2n) is 6.20. The Morgan fingerprint density at radius 2 is 1.80 bits per heavy atom. The number of aliphatic hydroxyl groups is 1. The van der Waals surface area contributed by atoms with Crippen LogP contribution in [0.4, 0.5) is 0 Å². The van der Waals surface area contributed by atoms with E-state index < -0.39 is 0 Å². The standard InChI is InChI=1S/C19H19N3O3/c1-21-15-5-3-2-4-12(15)13-6-7-14-16(17(13)21)19(25)22(18(14)24)10-8-20-9-11-23/h2-7,20,23H,8-11H2,1H3. The Bertz CT molecular complexity index is 1010. The summed E-state index contributed by atoms with van der Waals surface area (Å²) in [6, 6.07) is 11.7. The molecule has 6 heteroatoms. The first-order valence-electron chi connectivity index (χ1n) is 8.33. The number of imide groups is 1. The third-order valence-corrected chi connectivity index (χ3v) is 4.80. The average molecular weight is 337 g/mol. The summed E-state index contributed by atoms with van der Waals surface area (Å²) in [5, 5.41) is 13.9. The predicted octanol–water partition coefficient (Wildman–Crippen LogP) is 1.51. The van der Waals surface area contributed by atoms with Crippen molar-refractivity contribution in [3.63, 3.8) is 0 Å². The Morgan fingerprint density at radius 1 is 1.00 bits per heavy atom. The van der Waals surface area contributed by atoms with Crippen LogP contribution in [0.2, 0.25) is 0 Å². The van der Waals surface area contributed by atoms with E-state index in [0.717, 1.165) is 21.8 Å². The molecule has 0 spiro atoms. The van der Waals surface area contributed by atoms with Gasteiger partial charge in [0.2, 0.25) is 0 Å². The van der Waals surface area contributed by atoms with Gasteiger partial charge in [0.1, 0.15) is 0 Å². The Hall–Kier alpha value is -2.70. The molecule has 0 unspecified atom stereocenters. The van der Waals surface area contributed by atoms with Gasteiger partial charge in [-0.3, -0.25) is 14.5 Å². The summed E-state index contributed by atoms with van der Waals surface area (Å²) in [4.78, 5) is 26.9. The molecular weight excluding hydrogens is 318 g/mol. The third-order valence-electron chi connectivity index (χ3n) is 4.80. The van der Waals surface area contributed by atoms with Crippen LogP contribution in [0.5, 0.6) is 0 Å². The molecule has 0 saturated carbocycles. The zero-order chi connectivity index (χ0) is 17.6. The van der Waals surface area contributed by atoms with Crippen LogP contribution < -0.4 is 5.32 Å². The van der Waals surface area contributed by atoms with E-state index in [0.29, 0.717) is 24.2 Å². The zero-order valence-corrected chi connectivity index (χ0v) is 14.0. The summed E-state index contributed by atoms with van der Waals surface area (Å²) in [7, 11) is 1.92. The Labute approximate surface area is 144 Å². The molecule has 0 bridgehead atoms. The lowest BCUT2D eigenvalue weighted by molar-refractivity contribution is 0.0656. The fourth-order valence-electron chi connectivity index (χ4n) is 3.64. The van der Waals surface area contributed by atoms with Gasteiger partial charge < -0.3 is 15.0 Å². The number of benzene rings is 2. The molecule has 0 fully saturated rings. The van der Waals surface area contributed by atoms with E-state index in [4.69, 9.17) is 5.11 Å². The van der Waals surface area contributed by atoms with Gasteiger partial charge >= 0.3 is 0 Å². The van der Waals surface area contributed by atoms with Crippen molar-refractivity contribution < 1.29 is 14.7 Å². The lowest BCUT2D eigenvalue weighted by atomic mass is 10.0. The molecule has 0 radical (unpaired) electrons. The summed E-state index contributed by atoms with van der Waals surface area (Å²) >= 11 is 0. The number of carbonyl (C=O) groups excluding carboxylic acids is 2. The van der Waals surface area contributed by atoms with Crippen LogP contribution in [0.15, 0.2) is 36.4 Å². The van der Waals surface area contributed by atoms with Crippen LogP contribution in [0.25, 0.3) is 21.8 Å². The van der Waals surface area contributed by atoms with Crippen LogP contribution >= 0.6 is 0 Å². The quantitative estimate of drug-likeness (QED) is 0.547. The number of aryl methyl sites for hydroxylation is 1. The number of para-hydroxylation sites is 1. The van der Waals surface area contributed by atoms with E-state index >= 15 is 0 Å². The monoisotopic (exact) mass is 337 g/mol. The maximum atomic E-state index is 12.9. The Kier molecular flexibility index (Phi) is 3.78. The van der Waals surface area contributed by atoms with Crippen molar-refractivity contribution in [1.29, 1.82) is 0 Å². The maximum absolute atomic E-state index is 12.9. The van der Waals surface area contributed by atoms with Gasteiger partial charge in [0.25, 0.3) is 11.8 Å². The summed E-state index contributed by atoms with van der Waals surface area (Å²) in [6.07, 6.45) is 0. The molecule has 1 aliphatic heterocycles. The van der Waals surface area contributed by atoms with E-state index in [1.54, 1.807) is 6.07 Å². The fourth-order valence-corrected chi connectivity index (χ4v) is 3.64. The molecule has 2 heterocycles. The molecule has 2 aromatic carbocycles. The lowest BCUT2D eigenvalue weighted by Gasteiger charge is -2.13. The molecule has 25 heavy (non-hydrogen) atoms. The molecule has 128 valence electrons. The average Bonchev–Trinajstić information content (AvgIpc) is 3.06. The number of fused-ring (bicyclic) bond motifs is 5. The van der Waals surface area contributed by atoms with Gasteiger partial charge in [-0.15, -0.1) is 0 Å². The smallest absolute Gasteiger partial charge is 0.263 e. The van der Waals surface area contributed by atoms with Gasteiger partial charge in [0.15, 0.2) is 0 Å². The van der Waals surface area contributed by atoms with E-state index in [1.165, 1.54) is 4.90 Å². The second kappa shape index (κ2) is 5.98. The summed E-state index contributed by atoms with van der Waals surface area (Å²) < 4.78 is 1.99. The van der Waals surface area contributed by atoms with Crippen LogP contribution in [-0.4, -0.2) is 52.6 Å². The van der Waals surface area contributed by atoms with Crippen molar-refractivity contribution in [2.24, 2.45) is 7.05 Å². The van der Waals surface area contributed by atoms with E-state index in [9.17, 15) is 9.59 Å². The normalized spacial score (nSPS) is 14.1. The molecule has 4 rings (SSSR count). The number of amides is 2. The number of aliphatic hydroxyl groups excluding tert-OH is 1. The van der Waals surface area contributed by atoms with Crippen molar-refractivity contribution in [3.8, 4) is 0 Å². The van der Waals surface area contributed by atoms with Crippen molar-refractivity contribution >= 4 is 33.6 Å². The minimum Gasteiger partial charge on any atom is -0.395 e. The van der Waals surface area contributed by atoms with Crippen LogP contribution in [0.3, 0.4) is 0 Å². The first-order valence-corrected chi connectivity index (χ1v) is 8.33. The first-order chi connectivity index (χ1) is 12.1. The summed E-state index contributed by atoms with van der Waals surface area (Å²) in [6.45, 7) is 1.22. The van der Waals surface area contributed by atoms with E-state index in [1.807, 2.05) is 41.9 Å². The number of rotatable bonds is 5. The van der Waals surface area contributed by atoms with Crippen molar-refractivity contribution in [2.45, 2.75) is 0 Å². The number of hydrogen-bond acceptors (Lipinski definition) is 4. The van der Waals surface area contributed by atoms with E-state index in [2.05, 4.69) is 5.32 Å². The SMILES string of the molecule is Cn1c2ccccc2c2ccc3c(c21)C(=O)N(CCNCCO)C3=O. The van der Waals surface area contributed by atoms with Gasteiger partial charge in [-0.25, -0.2) is 0 Å². The molecule has 1 aliphatic rings. The van der Waals surface area contributed by atoms with Crippen molar-refractivity contribution in [3.05, 3.63) is 47.5 Å². The highest BCUT2D eigenvalue weighted by molar-refractivity contribution is 6.28. The lowest BCUT2D eigenvalue weighted by Crippen LogP contribution is -2.37. The minimum absolute atomic E-state index is 0.0265. The summed E-state index contributed by atoms with van der Waals surface area (Å²) in [5.41, 5.74) is 2.80. The molecule has 0 aliphatic carbocycles. The highest BCUT2D eigenvalue weighted by Crippen LogP contribution is 2.35. The van der Waals surface area contributed by atoms with Gasteiger partial charge in [-0.05, 0) is 12.1 Å². The maximum Gasteiger partial charge on any atom is 0.263 e. The fraction of sp³-hybridized carbons (Fsp3) is 0.263. The molecule has 2 N–H and O–H groups in total. The zero-order valence-electron chi connectivity index (χ0n) is 14.0.